The molecule has 6 heteroatoms. The third kappa shape index (κ3) is 3.26. The maximum atomic E-state index is 12.3. The van der Waals surface area contributed by atoms with Gasteiger partial charge in [-0.2, -0.15) is 5.26 Å². The van der Waals surface area contributed by atoms with Crippen LogP contribution in [0.2, 0.25) is 0 Å². The Bertz CT molecular complexity index is 692. The molecule has 2 aromatic rings. The van der Waals surface area contributed by atoms with Gasteiger partial charge in [0.25, 0.3) is 0 Å². The van der Waals surface area contributed by atoms with E-state index >= 15 is 0 Å². The molecule has 1 unspecified atom stereocenters. The van der Waals surface area contributed by atoms with Crippen molar-refractivity contribution in [3.8, 4) is 16.6 Å². The first-order valence-electron chi connectivity index (χ1n) is 7.23. The predicted octanol–water partition coefficient (Wildman–Crippen LogP) is 2.94. The van der Waals surface area contributed by atoms with E-state index in [4.69, 9.17) is 5.26 Å². The zero-order valence-electron chi connectivity index (χ0n) is 12.0. The van der Waals surface area contributed by atoms with Crippen molar-refractivity contribution in [1.82, 2.24) is 9.88 Å². The molecule has 0 aliphatic carbocycles. The molecule has 2 heterocycles. The standard InChI is InChI=1S/C16H16N4OS/c17-11-20-8-4-7-13(10-20)15(21)19-16-18-9-14(22-16)12-5-2-1-3-6-12/h1-3,5-6,9,13H,4,7-8,10H2,(H,18,19,21). The Morgan fingerprint density at radius 2 is 2.23 bits per heavy atom. The van der Waals surface area contributed by atoms with Gasteiger partial charge in [-0.05, 0) is 18.4 Å². The van der Waals surface area contributed by atoms with E-state index in [1.807, 2.05) is 30.3 Å². The lowest BCUT2D eigenvalue weighted by molar-refractivity contribution is -0.121. The van der Waals surface area contributed by atoms with Crippen LogP contribution < -0.4 is 5.32 Å². The summed E-state index contributed by atoms with van der Waals surface area (Å²) in [5.74, 6) is -0.189. The highest BCUT2D eigenvalue weighted by atomic mass is 32.1. The monoisotopic (exact) mass is 312 g/mol. The molecular formula is C16H16N4OS. The first-order valence-corrected chi connectivity index (χ1v) is 8.04. The van der Waals surface area contributed by atoms with E-state index in [1.54, 1.807) is 11.1 Å². The van der Waals surface area contributed by atoms with Crippen LogP contribution >= 0.6 is 11.3 Å². The van der Waals surface area contributed by atoms with E-state index in [2.05, 4.69) is 16.5 Å². The molecule has 1 aliphatic rings. The van der Waals surface area contributed by atoms with Gasteiger partial charge in [-0.25, -0.2) is 4.98 Å². The Balaban J connectivity index is 1.65. The molecule has 0 radical (unpaired) electrons. The van der Waals surface area contributed by atoms with E-state index < -0.39 is 0 Å². The number of piperidine rings is 1. The van der Waals surface area contributed by atoms with Crippen molar-refractivity contribution in [3.63, 3.8) is 0 Å². The molecule has 112 valence electrons. The number of nitrogens with zero attached hydrogens (tertiary/aromatic N) is 3. The van der Waals surface area contributed by atoms with Crippen LogP contribution in [0.1, 0.15) is 12.8 Å². The van der Waals surface area contributed by atoms with E-state index in [0.29, 0.717) is 11.7 Å². The van der Waals surface area contributed by atoms with Crippen LogP contribution in [0.25, 0.3) is 10.4 Å². The summed E-state index contributed by atoms with van der Waals surface area (Å²) in [6.45, 7) is 1.24. The molecule has 1 saturated heterocycles. The van der Waals surface area contributed by atoms with Gasteiger partial charge in [-0.15, -0.1) is 0 Å². The summed E-state index contributed by atoms with van der Waals surface area (Å²) in [5.41, 5.74) is 1.09. The number of nitriles is 1. The molecule has 1 amide bonds. The van der Waals surface area contributed by atoms with Gasteiger partial charge in [0.2, 0.25) is 5.91 Å². The second-order valence-electron chi connectivity index (χ2n) is 5.27. The Morgan fingerprint density at radius 1 is 1.41 bits per heavy atom. The number of aromatic nitrogens is 1. The van der Waals surface area contributed by atoms with Crippen molar-refractivity contribution in [2.45, 2.75) is 12.8 Å². The smallest absolute Gasteiger partial charge is 0.231 e. The molecule has 1 aromatic heterocycles. The third-order valence-electron chi connectivity index (χ3n) is 3.73. The van der Waals surface area contributed by atoms with Crippen LogP contribution in [0.4, 0.5) is 5.13 Å². The van der Waals surface area contributed by atoms with Crippen molar-refractivity contribution < 1.29 is 4.79 Å². The van der Waals surface area contributed by atoms with Crippen LogP contribution in [0.3, 0.4) is 0 Å². The lowest BCUT2D eigenvalue weighted by Crippen LogP contribution is -2.38. The van der Waals surface area contributed by atoms with Gasteiger partial charge < -0.3 is 10.2 Å². The minimum Gasteiger partial charge on any atom is -0.310 e. The minimum absolute atomic E-state index is 0.0473. The van der Waals surface area contributed by atoms with Gasteiger partial charge in [-0.3, -0.25) is 4.79 Å². The molecule has 0 saturated carbocycles. The van der Waals surface area contributed by atoms with Crippen LogP contribution in [-0.4, -0.2) is 28.9 Å². The molecule has 1 aliphatic heterocycles. The fraction of sp³-hybridized carbons (Fsp3) is 0.312. The molecule has 0 bridgehead atoms. The third-order valence-corrected chi connectivity index (χ3v) is 4.69. The van der Waals surface area contributed by atoms with Crippen molar-refractivity contribution in [3.05, 3.63) is 36.5 Å². The molecule has 22 heavy (non-hydrogen) atoms. The Labute approximate surface area is 133 Å². The Morgan fingerprint density at radius 3 is 3.00 bits per heavy atom. The topological polar surface area (TPSA) is 69.0 Å². The number of rotatable bonds is 3. The van der Waals surface area contributed by atoms with E-state index in [9.17, 15) is 4.79 Å². The number of carbonyl (C=O) groups is 1. The number of carbonyl (C=O) groups excluding carboxylic acids is 1. The maximum Gasteiger partial charge on any atom is 0.231 e. The second-order valence-corrected chi connectivity index (χ2v) is 6.30. The molecule has 1 atom stereocenters. The van der Waals surface area contributed by atoms with E-state index in [1.165, 1.54) is 11.3 Å². The summed E-state index contributed by atoms with van der Waals surface area (Å²) in [6.07, 6.45) is 5.59. The van der Waals surface area contributed by atoms with Crippen LogP contribution in [0.15, 0.2) is 36.5 Å². The average Bonchev–Trinajstić information content (AvgIpc) is 3.04. The Kier molecular flexibility index (Phi) is 4.35. The SMILES string of the molecule is N#CN1CCCC(C(=O)Nc2ncc(-c3ccccc3)s2)C1. The Hall–Kier alpha value is -2.39. The highest BCUT2D eigenvalue weighted by molar-refractivity contribution is 7.19. The van der Waals surface area contributed by atoms with Crippen molar-refractivity contribution >= 4 is 22.4 Å². The lowest BCUT2D eigenvalue weighted by Gasteiger charge is -2.27. The van der Waals surface area contributed by atoms with E-state index in [0.717, 1.165) is 29.8 Å². The molecule has 1 aromatic carbocycles. The summed E-state index contributed by atoms with van der Waals surface area (Å²) >= 11 is 1.46. The van der Waals surface area contributed by atoms with Gasteiger partial charge in [0.15, 0.2) is 11.3 Å². The van der Waals surface area contributed by atoms with Crippen molar-refractivity contribution in [2.24, 2.45) is 5.92 Å². The van der Waals surface area contributed by atoms with Gasteiger partial charge >= 0.3 is 0 Å². The summed E-state index contributed by atoms with van der Waals surface area (Å²) in [6, 6.07) is 9.96. The predicted molar refractivity (Wildman–Crippen MR) is 86.1 cm³/mol. The summed E-state index contributed by atoms with van der Waals surface area (Å²) in [5, 5.41) is 12.4. The van der Waals surface area contributed by atoms with Gasteiger partial charge in [-0.1, -0.05) is 41.7 Å². The maximum absolute atomic E-state index is 12.3. The summed E-state index contributed by atoms with van der Waals surface area (Å²) in [4.78, 5) is 19.2. The first kappa shape index (κ1) is 14.5. The number of benzene rings is 1. The number of nitrogens with one attached hydrogen (secondary N) is 1. The molecule has 0 spiro atoms. The molecule has 5 nitrogen and oxygen atoms in total. The normalized spacial score (nSPS) is 17.8. The van der Waals surface area contributed by atoms with Crippen LogP contribution in [-0.2, 0) is 4.79 Å². The van der Waals surface area contributed by atoms with Gasteiger partial charge in [0.1, 0.15) is 0 Å². The fourth-order valence-corrected chi connectivity index (χ4v) is 3.38. The molecule has 3 rings (SSSR count). The number of thiazole rings is 1. The van der Waals surface area contributed by atoms with Crippen molar-refractivity contribution in [1.29, 1.82) is 5.26 Å². The zero-order valence-corrected chi connectivity index (χ0v) is 12.8. The fourth-order valence-electron chi connectivity index (χ4n) is 2.56. The summed E-state index contributed by atoms with van der Waals surface area (Å²) in [7, 11) is 0. The quantitative estimate of drug-likeness (QED) is 0.885. The largest absolute Gasteiger partial charge is 0.310 e. The lowest BCUT2D eigenvalue weighted by atomic mass is 9.98. The molecule has 1 N–H and O–H groups in total. The highest BCUT2D eigenvalue weighted by Gasteiger charge is 2.25. The van der Waals surface area contributed by atoms with Crippen molar-refractivity contribution in [2.75, 3.05) is 18.4 Å². The van der Waals surface area contributed by atoms with E-state index in [-0.39, 0.29) is 11.8 Å². The van der Waals surface area contributed by atoms with Gasteiger partial charge in [0.05, 0.1) is 10.8 Å². The molecular weight excluding hydrogens is 296 g/mol. The second kappa shape index (κ2) is 6.58. The summed E-state index contributed by atoms with van der Waals surface area (Å²) < 4.78 is 0. The first-order chi connectivity index (χ1) is 10.8. The minimum atomic E-state index is -0.141. The average molecular weight is 312 g/mol. The molecule has 1 fully saturated rings. The number of likely N-dealkylation sites (tertiary alicyclic amines) is 1. The number of amides is 1. The number of anilines is 1. The zero-order chi connectivity index (χ0) is 15.4. The van der Waals surface area contributed by atoms with Crippen LogP contribution in [0.5, 0.6) is 0 Å². The highest BCUT2D eigenvalue weighted by Crippen LogP contribution is 2.29. The number of hydrogen-bond donors (Lipinski definition) is 1. The number of hydrogen-bond acceptors (Lipinski definition) is 5. The van der Waals surface area contributed by atoms with Crippen LogP contribution in [0, 0.1) is 17.4 Å². The van der Waals surface area contributed by atoms with Gasteiger partial charge in [0, 0.05) is 19.3 Å².